The van der Waals surface area contributed by atoms with Crippen LogP contribution in [0.25, 0.3) is 0 Å². The smallest absolute Gasteiger partial charge is 0.156 e. The number of halogens is 3. The van der Waals surface area contributed by atoms with E-state index in [0.717, 1.165) is 6.07 Å². The lowest BCUT2D eigenvalue weighted by Crippen LogP contribution is -2.34. The topological polar surface area (TPSA) is 54.4 Å². The van der Waals surface area contributed by atoms with E-state index in [0.29, 0.717) is 23.7 Å². The Morgan fingerprint density at radius 3 is 2.74 bits per heavy atom. The van der Waals surface area contributed by atoms with E-state index in [1.165, 1.54) is 6.07 Å². The van der Waals surface area contributed by atoms with Crippen molar-refractivity contribution in [3.05, 3.63) is 33.0 Å². The first-order chi connectivity index (χ1) is 8.83. The van der Waals surface area contributed by atoms with Crippen molar-refractivity contribution in [3.8, 4) is 0 Å². The minimum Gasteiger partial charge on any atom is -0.387 e. The van der Waals surface area contributed by atoms with Gasteiger partial charge in [0.1, 0.15) is 5.82 Å². The standard InChI is InChI=1S/C12H13BrClFO3S/c13-8-6-10(15)7(5-9(8)14)12(16)11-3-1-2-4-19(11,17)18/h5-6,11-12,16H,1-4H2. The van der Waals surface area contributed by atoms with Crippen molar-refractivity contribution >= 4 is 37.4 Å². The van der Waals surface area contributed by atoms with E-state index in [4.69, 9.17) is 11.6 Å². The second-order valence-corrected chi connectivity index (χ2v) is 8.23. The van der Waals surface area contributed by atoms with Crippen molar-refractivity contribution in [2.75, 3.05) is 5.75 Å². The molecule has 106 valence electrons. The van der Waals surface area contributed by atoms with Gasteiger partial charge in [-0.25, -0.2) is 12.8 Å². The van der Waals surface area contributed by atoms with Gasteiger partial charge in [-0.05, 0) is 40.9 Å². The van der Waals surface area contributed by atoms with E-state index in [1.54, 1.807) is 0 Å². The number of sulfone groups is 1. The molecular weight excluding hydrogens is 359 g/mol. The van der Waals surface area contributed by atoms with Crippen molar-refractivity contribution in [3.63, 3.8) is 0 Å². The maximum absolute atomic E-state index is 13.8. The van der Waals surface area contributed by atoms with Crippen LogP contribution in [-0.2, 0) is 9.84 Å². The molecule has 1 fully saturated rings. The molecule has 2 atom stereocenters. The van der Waals surface area contributed by atoms with Crippen LogP contribution in [0.1, 0.15) is 30.9 Å². The Balaban J connectivity index is 2.39. The van der Waals surface area contributed by atoms with E-state index in [-0.39, 0.29) is 16.3 Å². The normalized spacial score (nSPS) is 24.1. The molecule has 2 rings (SSSR count). The summed E-state index contributed by atoms with van der Waals surface area (Å²) < 4.78 is 38.1. The molecule has 3 nitrogen and oxygen atoms in total. The van der Waals surface area contributed by atoms with Gasteiger partial charge in [0.15, 0.2) is 9.84 Å². The first-order valence-corrected chi connectivity index (χ1v) is 8.75. The maximum Gasteiger partial charge on any atom is 0.156 e. The third-order valence-electron chi connectivity index (χ3n) is 3.34. The van der Waals surface area contributed by atoms with Crippen molar-refractivity contribution in [1.82, 2.24) is 0 Å². The molecule has 1 aliphatic heterocycles. The summed E-state index contributed by atoms with van der Waals surface area (Å²) >= 11 is 8.94. The van der Waals surface area contributed by atoms with E-state index in [2.05, 4.69) is 15.9 Å². The summed E-state index contributed by atoms with van der Waals surface area (Å²) in [6.07, 6.45) is 0.273. The van der Waals surface area contributed by atoms with Gasteiger partial charge in [-0.1, -0.05) is 18.0 Å². The fourth-order valence-electron chi connectivity index (χ4n) is 2.30. The first kappa shape index (κ1) is 15.2. The van der Waals surface area contributed by atoms with Crippen LogP contribution in [-0.4, -0.2) is 24.5 Å². The van der Waals surface area contributed by atoms with Gasteiger partial charge in [-0.3, -0.25) is 0 Å². The van der Waals surface area contributed by atoms with Crippen LogP contribution in [0.5, 0.6) is 0 Å². The lowest BCUT2D eigenvalue weighted by molar-refractivity contribution is 0.160. The minimum atomic E-state index is -3.38. The van der Waals surface area contributed by atoms with E-state index < -0.39 is 27.0 Å². The highest BCUT2D eigenvalue weighted by molar-refractivity contribution is 9.10. The summed E-state index contributed by atoms with van der Waals surface area (Å²) in [5.74, 6) is -0.620. The van der Waals surface area contributed by atoms with Crippen molar-refractivity contribution in [1.29, 1.82) is 0 Å². The van der Waals surface area contributed by atoms with Gasteiger partial charge in [-0.15, -0.1) is 0 Å². The van der Waals surface area contributed by atoms with Crippen LogP contribution in [0, 0.1) is 5.82 Å². The summed E-state index contributed by atoms with van der Waals surface area (Å²) in [7, 11) is -3.38. The predicted octanol–water partition coefficient (Wildman–Crippen LogP) is 3.24. The van der Waals surface area contributed by atoms with E-state index >= 15 is 0 Å². The average Bonchev–Trinajstić information content (AvgIpc) is 2.32. The molecule has 7 heteroatoms. The van der Waals surface area contributed by atoms with Crippen LogP contribution < -0.4 is 0 Å². The largest absolute Gasteiger partial charge is 0.387 e. The predicted molar refractivity (Wildman–Crippen MR) is 75.5 cm³/mol. The van der Waals surface area contributed by atoms with Crippen LogP contribution in [0.2, 0.25) is 5.02 Å². The lowest BCUT2D eigenvalue weighted by Gasteiger charge is -2.27. The summed E-state index contributed by atoms with van der Waals surface area (Å²) in [5.41, 5.74) is -0.0660. The summed E-state index contributed by atoms with van der Waals surface area (Å²) in [6.45, 7) is 0. The summed E-state index contributed by atoms with van der Waals surface area (Å²) in [5, 5.41) is 9.47. The first-order valence-electron chi connectivity index (χ1n) is 5.87. The van der Waals surface area contributed by atoms with Gasteiger partial charge in [0.25, 0.3) is 0 Å². The summed E-state index contributed by atoms with van der Waals surface area (Å²) in [4.78, 5) is 0. The number of hydrogen-bond acceptors (Lipinski definition) is 3. The Morgan fingerprint density at radius 2 is 2.11 bits per heavy atom. The number of hydrogen-bond donors (Lipinski definition) is 1. The number of rotatable bonds is 2. The molecule has 0 aromatic heterocycles. The van der Waals surface area contributed by atoms with E-state index in [9.17, 15) is 17.9 Å². The second kappa shape index (κ2) is 5.68. The molecule has 1 aromatic rings. The number of aliphatic hydroxyl groups excluding tert-OH is 1. The molecule has 1 aliphatic rings. The van der Waals surface area contributed by atoms with Crippen LogP contribution in [0.3, 0.4) is 0 Å². The van der Waals surface area contributed by atoms with Gasteiger partial charge in [-0.2, -0.15) is 0 Å². The Bertz CT molecular complexity index is 591. The van der Waals surface area contributed by atoms with Crippen molar-refractivity contribution in [2.45, 2.75) is 30.6 Å². The molecule has 2 unspecified atom stereocenters. The third-order valence-corrected chi connectivity index (χ3v) is 6.81. The Labute approximate surface area is 124 Å². The molecule has 0 bridgehead atoms. The van der Waals surface area contributed by atoms with Crippen molar-refractivity contribution < 1.29 is 17.9 Å². The average molecular weight is 372 g/mol. The van der Waals surface area contributed by atoms with Crippen molar-refractivity contribution in [2.24, 2.45) is 0 Å². The molecule has 0 aliphatic carbocycles. The molecule has 1 N–H and O–H groups in total. The molecule has 0 spiro atoms. The van der Waals surface area contributed by atoms with Crippen LogP contribution in [0.15, 0.2) is 16.6 Å². The van der Waals surface area contributed by atoms with Gasteiger partial charge in [0.05, 0.1) is 22.1 Å². The Morgan fingerprint density at radius 1 is 1.42 bits per heavy atom. The molecule has 1 heterocycles. The van der Waals surface area contributed by atoms with Gasteiger partial charge < -0.3 is 5.11 Å². The second-order valence-electron chi connectivity index (χ2n) is 4.63. The zero-order valence-corrected chi connectivity index (χ0v) is 13.1. The minimum absolute atomic E-state index is 0.0423. The fourth-order valence-corrected chi connectivity index (χ4v) is 4.76. The molecular formula is C12H13BrClFO3S. The molecule has 19 heavy (non-hydrogen) atoms. The Kier molecular flexibility index (Phi) is 4.55. The van der Waals surface area contributed by atoms with Gasteiger partial charge in [0.2, 0.25) is 0 Å². The Hall–Kier alpha value is -0.170. The van der Waals surface area contributed by atoms with Gasteiger partial charge in [0, 0.05) is 10.0 Å². The molecule has 0 radical (unpaired) electrons. The molecule has 0 amide bonds. The third kappa shape index (κ3) is 3.12. The summed E-state index contributed by atoms with van der Waals surface area (Å²) in [6, 6.07) is 2.41. The monoisotopic (exact) mass is 370 g/mol. The molecule has 1 saturated heterocycles. The zero-order valence-electron chi connectivity index (χ0n) is 9.94. The van der Waals surface area contributed by atoms with Crippen LogP contribution in [0.4, 0.5) is 4.39 Å². The SMILES string of the molecule is O=S1(=O)CCCCC1C(O)c1cc(Cl)c(Br)cc1F. The van der Waals surface area contributed by atoms with E-state index in [1.807, 2.05) is 0 Å². The highest BCUT2D eigenvalue weighted by Gasteiger charge is 2.36. The number of benzene rings is 1. The lowest BCUT2D eigenvalue weighted by atomic mass is 10.0. The zero-order chi connectivity index (χ0) is 14.2. The highest BCUT2D eigenvalue weighted by atomic mass is 79.9. The van der Waals surface area contributed by atoms with Gasteiger partial charge >= 0.3 is 0 Å². The molecule has 0 saturated carbocycles. The fraction of sp³-hybridized carbons (Fsp3) is 0.500. The highest BCUT2D eigenvalue weighted by Crippen LogP contribution is 2.35. The quantitative estimate of drug-likeness (QED) is 0.812. The maximum atomic E-state index is 13.8. The van der Waals surface area contributed by atoms with Crippen LogP contribution >= 0.6 is 27.5 Å². The number of aliphatic hydroxyl groups is 1. The molecule has 1 aromatic carbocycles.